The van der Waals surface area contributed by atoms with Gasteiger partial charge in [0.1, 0.15) is 29.6 Å². The predicted octanol–water partition coefficient (Wildman–Crippen LogP) is 4.57. The Morgan fingerprint density at radius 2 is 1.88 bits per heavy atom. The van der Waals surface area contributed by atoms with Crippen molar-refractivity contribution >= 4 is 39.4 Å². The molecule has 3 aromatic rings. The number of aryl methyl sites for hydroxylation is 1. The van der Waals surface area contributed by atoms with Crippen molar-refractivity contribution in [2.45, 2.75) is 70.6 Å². The van der Waals surface area contributed by atoms with Crippen LogP contribution in [0.3, 0.4) is 0 Å². The first-order valence-corrected chi connectivity index (χ1v) is 13.9. The van der Waals surface area contributed by atoms with Gasteiger partial charge < -0.3 is 30.5 Å². The van der Waals surface area contributed by atoms with Crippen molar-refractivity contribution in [2.24, 2.45) is 0 Å². The maximum absolute atomic E-state index is 12.9. The number of aliphatic hydroxyl groups is 2. The normalized spacial score (nSPS) is 21.6. The van der Waals surface area contributed by atoms with E-state index in [9.17, 15) is 28.2 Å². The number of carbonyl (C=O) groups is 1. The predicted molar refractivity (Wildman–Crippen MR) is 146 cm³/mol. The summed E-state index contributed by atoms with van der Waals surface area (Å²) < 4.78 is 45.2. The molecule has 40 heavy (non-hydrogen) atoms. The van der Waals surface area contributed by atoms with Crippen molar-refractivity contribution in [3.05, 3.63) is 30.0 Å². The summed E-state index contributed by atoms with van der Waals surface area (Å²) in [6.45, 7) is 4.94. The molecule has 1 aromatic carbocycles. The fourth-order valence-corrected chi connectivity index (χ4v) is 5.70. The van der Waals surface area contributed by atoms with Crippen molar-refractivity contribution in [2.75, 3.05) is 30.3 Å². The summed E-state index contributed by atoms with van der Waals surface area (Å²) in [5, 5.41) is 27.6. The monoisotopic (exact) mass is 582 g/mol. The van der Waals surface area contributed by atoms with Crippen LogP contribution in [-0.2, 0) is 4.74 Å². The van der Waals surface area contributed by atoms with Gasteiger partial charge in [-0.25, -0.2) is 14.8 Å². The second-order valence-corrected chi connectivity index (χ2v) is 10.6. The first-order chi connectivity index (χ1) is 19.0. The number of hydrogen-bond acceptors (Lipinski definition) is 10. The van der Waals surface area contributed by atoms with Crippen LogP contribution in [0.1, 0.15) is 38.8 Å². The third kappa shape index (κ3) is 7.09. The minimum Gasteiger partial charge on any atom is -0.446 e. The summed E-state index contributed by atoms with van der Waals surface area (Å²) in [4.78, 5) is 27.2. The molecule has 2 heterocycles. The van der Waals surface area contributed by atoms with Crippen molar-refractivity contribution < 1.29 is 32.9 Å². The number of alkyl halides is 3. The molecule has 2 aromatic heterocycles. The number of para-hydroxylation sites is 1. The fourth-order valence-electron chi connectivity index (χ4n) is 4.64. The number of nitrogens with one attached hydrogen (secondary N) is 2. The van der Waals surface area contributed by atoms with Crippen LogP contribution in [0.2, 0.25) is 0 Å². The van der Waals surface area contributed by atoms with Crippen LogP contribution in [0.4, 0.5) is 29.7 Å². The van der Waals surface area contributed by atoms with Crippen LogP contribution in [0.15, 0.2) is 24.3 Å². The molecule has 1 saturated carbocycles. The third-order valence-corrected chi connectivity index (χ3v) is 7.82. The molecule has 1 aliphatic carbocycles. The highest BCUT2D eigenvalue weighted by Crippen LogP contribution is 2.37. The Hall–Kier alpha value is -3.23. The van der Waals surface area contributed by atoms with Gasteiger partial charge in [-0.3, -0.25) is 0 Å². The Morgan fingerprint density at radius 3 is 2.55 bits per heavy atom. The Balaban J connectivity index is 1.64. The summed E-state index contributed by atoms with van der Waals surface area (Å²) in [6.07, 6.45) is -7.39. The van der Waals surface area contributed by atoms with Crippen LogP contribution >= 0.6 is 11.3 Å². The van der Waals surface area contributed by atoms with Crippen LogP contribution in [0.5, 0.6) is 0 Å². The number of fused-ring (bicyclic) bond motifs is 1. The Kier molecular flexibility index (Phi) is 9.31. The molecule has 10 nitrogen and oxygen atoms in total. The summed E-state index contributed by atoms with van der Waals surface area (Å²) in [5.41, 5.74) is 1.61. The minimum absolute atomic E-state index is 0.0400. The number of hydrogen-bond donors (Lipinski definition) is 4. The number of anilines is 2. The molecule has 0 spiro atoms. The Bertz CT molecular complexity index is 1290. The maximum atomic E-state index is 12.9. The second kappa shape index (κ2) is 12.5. The smallest absolute Gasteiger partial charge is 0.410 e. The van der Waals surface area contributed by atoms with Gasteiger partial charge in [0, 0.05) is 19.5 Å². The summed E-state index contributed by atoms with van der Waals surface area (Å²) in [7, 11) is 0. The number of carbonyl (C=O) groups excluding carboxylic acids is 1. The highest BCUT2D eigenvalue weighted by Gasteiger charge is 2.36. The molecule has 1 amide bonds. The molecule has 0 saturated heterocycles. The van der Waals surface area contributed by atoms with E-state index < -0.39 is 43.2 Å². The van der Waals surface area contributed by atoms with Gasteiger partial charge in [-0.2, -0.15) is 18.2 Å². The van der Waals surface area contributed by atoms with Gasteiger partial charge in [-0.15, -0.1) is 11.3 Å². The summed E-state index contributed by atoms with van der Waals surface area (Å²) in [6, 6.07) is 6.74. The molecule has 14 heteroatoms. The number of benzene rings is 1. The highest BCUT2D eigenvalue weighted by atomic mass is 32.1. The lowest BCUT2D eigenvalue weighted by molar-refractivity contribution is -0.115. The number of thiazole rings is 1. The average molecular weight is 583 g/mol. The summed E-state index contributed by atoms with van der Waals surface area (Å²) >= 11 is 1.38. The topological polar surface area (TPSA) is 133 Å². The van der Waals surface area contributed by atoms with Gasteiger partial charge in [0.2, 0.25) is 5.95 Å². The molecule has 1 unspecified atom stereocenters. The largest absolute Gasteiger partial charge is 0.446 e. The van der Waals surface area contributed by atoms with Crippen LogP contribution in [0.25, 0.3) is 20.8 Å². The van der Waals surface area contributed by atoms with Crippen LogP contribution < -0.4 is 10.6 Å². The van der Waals surface area contributed by atoms with Gasteiger partial charge in [-0.05, 0) is 45.7 Å². The molecular weight excluding hydrogens is 549 g/mol. The third-order valence-electron chi connectivity index (χ3n) is 6.77. The first-order valence-electron chi connectivity index (χ1n) is 13.1. The molecular formula is C26H33F3N6O4S. The number of aliphatic hydroxyl groups excluding tert-OH is 2. The van der Waals surface area contributed by atoms with Gasteiger partial charge in [0.15, 0.2) is 0 Å². The molecule has 0 radical (unpaired) electrons. The van der Waals surface area contributed by atoms with E-state index in [1.165, 1.54) is 16.2 Å². The molecule has 4 N–H and O–H groups in total. The lowest BCUT2D eigenvalue weighted by atomic mass is 10.0. The molecule has 218 valence electrons. The van der Waals surface area contributed by atoms with E-state index in [0.29, 0.717) is 42.2 Å². The Morgan fingerprint density at radius 1 is 1.15 bits per heavy atom. The van der Waals surface area contributed by atoms with E-state index >= 15 is 0 Å². The number of aromatic nitrogens is 3. The number of rotatable bonds is 8. The lowest BCUT2D eigenvalue weighted by Gasteiger charge is -2.26. The number of nitrogens with zero attached hydrogens (tertiary/aromatic N) is 4. The van der Waals surface area contributed by atoms with Gasteiger partial charge in [-0.1, -0.05) is 12.1 Å². The quantitative estimate of drug-likeness (QED) is 0.282. The standard InChI is InChI=1S/C26H33F3N6O4S/c1-4-35(5-2)25(38)39-15-10-11-17(21(37)18(36)12-15)32-22-20(23-33-16-8-6-7-9-19(16)40-23)14(3)31-24(34-22)30-13-26(27,28)29/h6-9,15,17-18,21,36-37H,4-5,10-13H2,1-3H3,(H2,30,31,32,34)/t15?,17-,18-,21+/m1/s1. The zero-order chi connectivity index (χ0) is 29.0. The first kappa shape index (κ1) is 29.7. The fraction of sp³-hybridized carbons (Fsp3) is 0.538. The molecule has 0 bridgehead atoms. The van der Waals surface area contributed by atoms with E-state index in [-0.39, 0.29) is 18.2 Å². The van der Waals surface area contributed by atoms with E-state index in [1.807, 2.05) is 38.1 Å². The van der Waals surface area contributed by atoms with Crippen LogP contribution in [0, 0.1) is 6.92 Å². The lowest BCUT2D eigenvalue weighted by Crippen LogP contribution is -2.41. The molecule has 4 rings (SSSR count). The minimum atomic E-state index is -4.48. The van der Waals surface area contributed by atoms with Gasteiger partial charge >= 0.3 is 12.3 Å². The van der Waals surface area contributed by atoms with E-state index in [2.05, 4.69) is 25.6 Å². The van der Waals surface area contributed by atoms with Crippen LogP contribution in [-0.4, -0.2) is 86.3 Å². The van der Waals surface area contributed by atoms with Crippen molar-refractivity contribution in [3.8, 4) is 10.6 Å². The van der Waals surface area contributed by atoms with E-state index in [4.69, 9.17) is 4.74 Å². The number of amides is 1. The van der Waals surface area contributed by atoms with E-state index in [0.717, 1.165) is 10.2 Å². The molecule has 1 aliphatic rings. The molecule has 4 atom stereocenters. The SMILES string of the molecule is CCN(CC)C(=O)OC1CC[C@@H](Nc2nc(NCC(F)(F)F)nc(C)c2-c2nc3ccccc3s2)[C@H](O)[C@H](O)C1. The number of ether oxygens (including phenoxy) is 1. The Labute approximate surface area is 233 Å². The van der Waals surface area contributed by atoms with Crippen molar-refractivity contribution in [1.29, 1.82) is 0 Å². The zero-order valence-corrected chi connectivity index (χ0v) is 23.2. The molecule has 1 fully saturated rings. The number of halogens is 3. The molecule has 0 aliphatic heterocycles. The zero-order valence-electron chi connectivity index (χ0n) is 22.4. The summed E-state index contributed by atoms with van der Waals surface area (Å²) in [5.74, 6) is -0.0667. The second-order valence-electron chi connectivity index (χ2n) is 9.61. The van der Waals surface area contributed by atoms with E-state index in [1.54, 1.807) is 6.92 Å². The highest BCUT2D eigenvalue weighted by molar-refractivity contribution is 7.21. The van der Waals surface area contributed by atoms with Gasteiger partial charge in [0.25, 0.3) is 0 Å². The van der Waals surface area contributed by atoms with Crippen molar-refractivity contribution in [1.82, 2.24) is 19.9 Å². The average Bonchev–Trinajstić information content (AvgIpc) is 3.27. The van der Waals surface area contributed by atoms with Gasteiger partial charge in [0.05, 0.1) is 33.6 Å². The maximum Gasteiger partial charge on any atom is 0.410 e. The van der Waals surface area contributed by atoms with Crippen molar-refractivity contribution in [3.63, 3.8) is 0 Å².